The maximum absolute atomic E-state index is 12.0. The van der Waals surface area contributed by atoms with E-state index >= 15 is 0 Å². The lowest BCUT2D eigenvalue weighted by Gasteiger charge is -2.13. The maximum Gasteiger partial charge on any atom is 0.389 e. The van der Waals surface area contributed by atoms with Crippen LogP contribution in [0.15, 0.2) is 4.99 Å². The van der Waals surface area contributed by atoms with E-state index in [0.29, 0.717) is 25.5 Å². The molecule has 0 aromatic heterocycles. The highest BCUT2D eigenvalue weighted by molar-refractivity contribution is 14.0. The number of aliphatic imine (C=N–C) groups is 1. The van der Waals surface area contributed by atoms with Crippen molar-refractivity contribution in [3.05, 3.63) is 0 Å². The van der Waals surface area contributed by atoms with Gasteiger partial charge in [0.05, 0.1) is 0 Å². The quantitative estimate of drug-likeness (QED) is 0.265. The second-order valence-electron chi connectivity index (χ2n) is 4.88. The van der Waals surface area contributed by atoms with Gasteiger partial charge in [0.2, 0.25) is 5.91 Å². The molecule has 9 heteroatoms. The monoisotopic (exact) mass is 438 g/mol. The number of rotatable bonds is 8. The Morgan fingerprint density at radius 1 is 1.14 bits per heavy atom. The first-order valence-corrected chi connectivity index (χ1v) is 7.05. The van der Waals surface area contributed by atoms with Crippen LogP contribution in [0.5, 0.6) is 0 Å². The molecule has 0 saturated carbocycles. The van der Waals surface area contributed by atoms with Crippen LogP contribution in [0.3, 0.4) is 0 Å². The number of carbonyl (C=O) groups is 1. The number of nitrogens with one attached hydrogen (secondary N) is 2. The van der Waals surface area contributed by atoms with Gasteiger partial charge in [-0.15, -0.1) is 24.0 Å². The first kappa shape index (κ1) is 23.5. The molecule has 0 aliphatic heterocycles. The molecule has 2 N–H and O–H groups in total. The Bertz CT molecular complexity index is 336. The number of hydrogen-bond donors (Lipinski definition) is 2. The van der Waals surface area contributed by atoms with Gasteiger partial charge < -0.3 is 15.5 Å². The third-order valence-electron chi connectivity index (χ3n) is 2.59. The van der Waals surface area contributed by atoms with E-state index in [1.54, 1.807) is 14.1 Å². The van der Waals surface area contributed by atoms with Crippen LogP contribution in [0.2, 0.25) is 0 Å². The van der Waals surface area contributed by atoms with E-state index < -0.39 is 12.6 Å². The Morgan fingerprint density at radius 2 is 1.73 bits per heavy atom. The van der Waals surface area contributed by atoms with E-state index in [9.17, 15) is 18.0 Å². The molecule has 0 bridgehead atoms. The van der Waals surface area contributed by atoms with Gasteiger partial charge in [-0.2, -0.15) is 13.2 Å². The lowest BCUT2D eigenvalue weighted by atomic mass is 10.2. The van der Waals surface area contributed by atoms with Gasteiger partial charge in [-0.25, -0.2) is 4.99 Å². The summed E-state index contributed by atoms with van der Waals surface area (Å²) in [6.45, 7) is 3.07. The highest BCUT2D eigenvalue weighted by Gasteiger charge is 2.25. The second kappa shape index (κ2) is 12.8. The molecule has 1 amide bonds. The molecular weight excluding hydrogens is 412 g/mol. The summed E-state index contributed by atoms with van der Waals surface area (Å²) >= 11 is 0. The summed E-state index contributed by atoms with van der Waals surface area (Å²) in [5.41, 5.74) is 0. The van der Waals surface area contributed by atoms with Crippen LogP contribution in [0.1, 0.15) is 32.6 Å². The van der Waals surface area contributed by atoms with Gasteiger partial charge in [-0.05, 0) is 19.3 Å². The molecule has 132 valence electrons. The van der Waals surface area contributed by atoms with Gasteiger partial charge in [0.25, 0.3) is 0 Å². The number of nitrogens with zero attached hydrogens (tertiary/aromatic N) is 2. The number of guanidine groups is 1. The molecule has 0 heterocycles. The number of unbranched alkanes of at least 4 members (excludes halogenated alkanes) is 1. The van der Waals surface area contributed by atoms with Gasteiger partial charge in [-0.3, -0.25) is 4.79 Å². The number of alkyl halides is 3. The van der Waals surface area contributed by atoms with Gasteiger partial charge in [-0.1, -0.05) is 6.92 Å². The van der Waals surface area contributed by atoms with Crippen LogP contribution in [0, 0.1) is 0 Å². The Morgan fingerprint density at radius 3 is 2.23 bits per heavy atom. The first-order valence-electron chi connectivity index (χ1n) is 7.05. The average molecular weight is 438 g/mol. The van der Waals surface area contributed by atoms with Crippen LogP contribution < -0.4 is 10.6 Å². The smallest absolute Gasteiger partial charge is 0.356 e. The lowest BCUT2D eigenvalue weighted by molar-refractivity contribution is -0.135. The molecular formula is C13H26F3IN4O. The highest BCUT2D eigenvalue weighted by atomic mass is 127. The molecule has 0 saturated heterocycles. The Labute approximate surface area is 147 Å². The van der Waals surface area contributed by atoms with Gasteiger partial charge in [0, 0.05) is 33.6 Å². The number of halogens is 4. The largest absolute Gasteiger partial charge is 0.389 e. The van der Waals surface area contributed by atoms with Gasteiger partial charge >= 0.3 is 6.18 Å². The van der Waals surface area contributed by atoms with Crippen molar-refractivity contribution in [3.63, 3.8) is 0 Å². The summed E-state index contributed by atoms with van der Waals surface area (Å²) in [5.74, 6) is 0.323. The second-order valence-corrected chi connectivity index (χ2v) is 4.88. The summed E-state index contributed by atoms with van der Waals surface area (Å²) in [7, 11) is 3.28. The van der Waals surface area contributed by atoms with Crippen LogP contribution >= 0.6 is 24.0 Å². The Kier molecular flexibility index (Phi) is 13.7. The van der Waals surface area contributed by atoms with Crippen molar-refractivity contribution in [2.75, 3.05) is 33.7 Å². The van der Waals surface area contributed by atoms with E-state index in [1.807, 2.05) is 6.92 Å². The summed E-state index contributed by atoms with van der Waals surface area (Å²) < 4.78 is 36.0. The highest BCUT2D eigenvalue weighted by Crippen LogP contribution is 2.21. The van der Waals surface area contributed by atoms with Crippen LogP contribution in [-0.4, -0.2) is 56.7 Å². The van der Waals surface area contributed by atoms with Gasteiger partial charge in [0.1, 0.15) is 6.54 Å². The van der Waals surface area contributed by atoms with Gasteiger partial charge in [0.15, 0.2) is 5.96 Å². The Hall–Kier alpha value is -0.740. The standard InChI is InChI=1S/C13H25F3N4O.HI/c1-4-8-17-12(19-10-11(21)20(2)3)18-9-6-5-7-13(14,15)16;/h4-10H2,1-3H3,(H2,17,18,19);1H. The fourth-order valence-electron chi connectivity index (χ4n) is 1.36. The zero-order chi connectivity index (χ0) is 16.3. The average Bonchev–Trinajstić information content (AvgIpc) is 2.38. The van der Waals surface area contributed by atoms with Crippen molar-refractivity contribution in [1.29, 1.82) is 0 Å². The zero-order valence-electron chi connectivity index (χ0n) is 13.3. The van der Waals surface area contributed by atoms with E-state index in [4.69, 9.17) is 0 Å². The van der Waals surface area contributed by atoms with E-state index in [0.717, 1.165) is 6.42 Å². The predicted molar refractivity (Wildman–Crippen MR) is 92.6 cm³/mol. The van der Waals surface area contributed by atoms with Crippen molar-refractivity contribution in [3.8, 4) is 0 Å². The summed E-state index contributed by atoms with van der Waals surface area (Å²) in [4.78, 5) is 17.0. The maximum atomic E-state index is 12.0. The summed E-state index contributed by atoms with van der Waals surface area (Å²) in [5, 5.41) is 5.95. The summed E-state index contributed by atoms with van der Waals surface area (Å²) in [6, 6.07) is 0. The fourth-order valence-corrected chi connectivity index (χ4v) is 1.36. The first-order chi connectivity index (χ1) is 9.76. The SMILES string of the molecule is CCCNC(=NCC(=O)N(C)C)NCCCCC(F)(F)F.I. The molecule has 22 heavy (non-hydrogen) atoms. The molecule has 0 aromatic carbocycles. The van der Waals surface area contributed by atoms with Crippen molar-refractivity contribution in [2.45, 2.75) is 38.8 Å². The van der Waals surface area contributed by atoms with Crippen molar-refractivity contribution in [1.82, 2.24) is 15.5 Å². The lowest BCUT2D eigenvalue weighted by Crippen LogP contribution is -2.39. The number of hydrogen-bond acceptors (Lipinski definition) is 2. The third kappa shape index (κ3) is 14.2. The van der Waals surface area contributed by atoms with Crippen LogP contribution in [-0.2, 0) is 4.79 Å². The van der Waals surface area contributed by atoms with E-state index in [-0.39, 0.29) is 42.8 Å². The minimum absolute atomic E-state index is 0. The molecule has 0 spiro atoms. The normalized spacial score (nSPS) is 11.6. The number of amides is 1. The third-order valence-corrected chi connectivity index (χ3v) is 2.59. The molecule has 5 nitrogen and oxygen atoms in total. The minimum atomic E-state index is -4.10. The van der Waals surface area contributed by atoms with Crippen LogP contribution in [0.4, 0.5) is 13.2 Å². The molecule has 0 rings (SSSR count). The Balaban J connectivity index is 0. The fraction of sp³-hybridized carbons (Fsp3) is 0.846. The van der Waals surface area contributed by atoms with E-state index in [2.05, 4.69) is 15.6 Å². The topological polar surface area (TPSA) is 56.7 Å². The minimum Gasteiger partial charge on any atom is -0.356 e. The molecule has 0 radical (unpaired) electrons. The molecule has 0 fully saturated rings. The molecule has 0 aromatic rings. The zero-order valence-corrected chi connectivity index (χ0v) is 15.6. The summed E-state index contributed by atoms with van der Waals surface area (Å²) in [6.07, 6.45) is -3.52. The number of likely N-dealkylation sites (N-methyl/N-ethyl adjacent to an activating group) is 1. The molecule has 0 atom stereocenters. The molecule has 0 aliphatic rings. The number of carbonyl (C=O) groups excluding carboxylic acids is 1. The van der Waals surface area contributed by atoms with Crippen molar-refractivity contribution in [2.24, 2.45) is 4.99 Å². The van der Waals surface area contributed by atoms with Crippen molar-refractivity contribution >= 4 is 35.8 Å². The molecule has 0 aliphatic carbocycles. The van der Waals surface area contributed by atoms with Crippen molar-refractivity contribution < 1.29 is 18.0 Å². The van der Waals surface area contributed by atoms with E-state index in [1.165, 1.54) is 4.90 Å². The molecule has 0 unspecified atom stereocenters. The predicted octanol–water partition coefficient (Wildman–Crippen LogP) is 2.37. The van der Waals surface area contributed by atoms with Crippen LogP contribution in [0.25, 0.3) is 0 Å².